The predicted molar refractivity (Wildman–Crippen MR) is 122 cm³/mol. The Labute approximate surface area is 179 Å². The van der Waals surface area contributed by atoms with Gasteiger partial charge in [0, 0.05) is 43.5 Å². The Bertz CT molecular complexity index is 1060. The number of likely N-dealkylation sites (tertiary alicyclic amines) is 1. The minimum Gasteiger partial charge on any atom is -0.339 e. The normalized spacial score (nSPS) is 15.8. The van der Waals surface area contributed by atoms with Gasteiger partial charge in [0.15, 0.2) is 0 Å². The highest BCUT2D eigenvalue weighted by Gasteiger charge is 2.27. The molecule has 0 saturated carbocycles. The van der Waals surface area contributed by atoms with Crippen molar-refractivity contribution in [2.24, 2.45) is 0 Å². The molecule has 2 heterocycles. The zero-order valence-corrected chi connectivity index (χ0v) is 18.7. The number of aryl methyl sites for hydroxylation is 2. The van der Waals surface area contributed by atoms with Crippen LogP contribution >= 0.6 is 0 Å². The number of imidazole rings is 1. The van der Waals surface area contributed by atoms with E-state index in [0.29, 0.717) is 12.1 Å². The summed E-state index contributed by atoms with van der Waals surface area (Å²) in [5.74, 6) is 1.07. The molecule has 0 N–H and O–H groups in total. The molecule has 5 nitrogen and oxygen atoms in total. The van der Waals surface area contributed by atoms with Crippen LogP contribution in [0.5, 0.6) is 0 Å². The summed E-state index contributed by atoms with van der Waals surface area (Å²) in [6, 6.07) is 15.2. The van der Waals surface area contributed by atoms with Gasteiger partial charge in [0.2, 0.25) is 0 Å². The molecule has 0 radical (unpaired) electrons. The zero-order valence-electron chi connectivity index (χ0n) is 18.7. The van der Waals surface area contributed by atoms with Gasteiger partial charge in [-0.3, -0.25) is 9.36 Å². The molecule has 1 aliphatic rings. The van der Waals surface area contributed by atoms with Crippen LogP contribution in [0.2, 0.25) is 0 Å². The first-order chi connectivity index (χ1) is 14.4. The zero-order chi connectivity index (χ0) is 21.4. The number of nitrogens with zero attached hydrogens (tertiary/aromatic N) is 4. The molecule has 30 heavy (non-hydrogen) atoms. The van der Waals surface area contributed by atoms with Crippen LogP contribution in [0.15, 0.2) is 42.5 Å². The number of para-hydroxylation sites is 2. The Morgan fingerprint density at radius 3 is 2.47 bits per heavy atom. The number of aromatic nitrogens is 2. The topological polar surface area (TPSA) is 41.4 Å². The third-order valence-corrected chi connectivity index (χ3v) is 6.52. The summed E-state index contributed by atoms with van der Waals surface area (Å²) >= 11 is 0. The lowest BCUT2D eigenvalue weighted by molar-refractivity contribution is 0.0614. The van der Waals surface area contributed by atoms with E-state index in [-0.39, 0.29) is 5.91 Å². The maximum atomic E-state index is 13.3. The molecule has 1 aromatic heterocycles. The minimum absolute atomic E-state index is 0.120. The third-order valence-electron chi connectivity index (χ3n) is 6.52. The van der Waals surface area contributed by atoms with E-state index >= 15 is 0 Å². The van der Waals surface area contributed by atoms with Gasteiger partial charge in [-0.05, 0) is 76.4 Å². The van der Waals surface area contributed by atoms with Gasteiger partial charge >= 0.3 is 0 Å². The van der Waals surface area contributed by atoms with E-state index in [0.717, 1.165) is 59.6 Å². The highest BCUT2D eigenvalue weighted by atomic mass is 16.2. The molecule has 1 amide bonds. The van der Waals surface area contributed by atoms with E-state index in [1.165, 1.54) is 0 Å². The summed E-state index contributed by atoms with van der Waals surface area (Å²) in [5.41, 5.74) is 4.90. The van der Waals surface area contributed by atoms with Crippen molar-refractivity contribution in [3.05, 3.63) is 59.4 Å². The Kier molecular flexibility index (Phi) is 5.65. The number of carbonyl (C=O) groups is 1. The van der Waals surface area contributed by atoms with Gasteiger partial charge in [-0.15, -0.1) is 0 Å². The number of carbonyl (C=O) groups excluding carboxylic acids is 1. The van der Waals surface area contributed by atoms with Crippen LogP contribution in [-0.4, -0.2) is 57.5 Å². The van der Waals surface area contributed by atoms with Crippen LogP contribution in [0.4, 0.5) is 0 Å². The minimum atomic E-state index is 0.120. The van der Waals surface area contributed by atoms with Gasteiger partial charge in [0.1, 0.15) is 5.82 Å². The van der Waals surface area contributed by atoms with Crippen molar-refractivity contribution in [1.82, 2.24) is 19.4 Å². The molecule has 0 atom stereocenters. The Morgan fingerprint density at radius 2 is 1.80 bits per heavy atom. The molecule has 0 unspecified atom stereocenters. The van der Waals surface area contributed by atoms with Gasteiger partial charge in [0.05, 0.1) is 11.0 Å². The number of hydrogen-bond acceptors (Lipinski definition) is 3. The molecule has 3 aromatic rings. The highest BCUT2D eigenvalue weighted by Crippen LogP contribution is 2.25. The molecule has 1 saturated heterocycles. The molecule has 2 aromatic carbocycles. The van der Waals surface area contributed by atoms with Crippen LogP contribution in [0, 0.1) is 13.8 Å². The Hall–Kier alpha value is -2.66. The summed E-state index contributed by atoms with van der Waals surface area (Å²) in [6.45, 7) is 10.7. The van der Waals surface area contributed by atoms with Crippen LogP contribution in [0.25, 0.3) is 16.7 Å². The summed E-state index contributed by atoms with van der Waals surface area (Å²) in [7, 11) is 1.96. The first-order valence-corrected chi connectivity index (χ1v) is 10.9. The van der Waals surface area contributed by atoms with E-state index in [2.05, 4.69) is 40.4 Å². The van der Waals surface area contributed by atoms with E-state index in [9.17, 15) is 4.79 Å². The fraction of sp³-hybridized carbons (Fsp3) is 0.440. The number of benzene rings is 2. The van der Waals surface area contributed by atoms with E-state index in [1.54, 1.807) is 0 Å². The lowest BCUT2D eigenvalue weighted by Gasteiger charge is -2.38. The molecule has 0 aliphatic carbocycles. The Morgan fingerprint density at radius 1 is 1.10 bits per heavy atom. The monoisotopic (exact) mass is 404 g/mol. The van der Waals surface area contributed by atoms with E-state index < -0.39 is 0 Å². The number of hydrogen-bond donors (Lipinski definition) is 0. The predicted octanol–water partition coefficient (Wildman–Crippen LogP) is 4.59. The molecule has 1 aliphatic heterocycles. The van der Waals surface area contributed by atoms with E-state index in [4.69, 9.17) is 0 Å². The first kappa shape index (κ1) is 20.6. The fourth-order valence-electron chi connectivity index (χ4n) is 4.64. The summed E-state index contributed by atoms with van der Waals surface area (Å²) < 4.78 is 2.15. The van der Waals surface area contributed by atoms with Gasteiger partial charge < -0.3 is 9.80 Å². The van der Waals surface area contributed by atoms with Gasteiger partial charge in [-0.1, -0.05) is 12.1 Å². The van der Waals surface area contributed by atoms with Gasteiger partial charge in [-0.25, -0.2) is 4.98 Å². The number of piperidine rings is 1. The smallest absolute Gasteiger partial charge is 0.254 e. The van der Waals surface area contributed by atoms with E-state index in [1.807, 2.05) is 56.1 Å². The lowest BCUT2D eigenvalue weighted by Crippen LogP contribution is -2.47. The molecule has 158 valence electrons. The summed E-state index contributed by atoms with van der Waals surface area (Å²) in [5, 5.41) is 0. The van der Waals surface area contributed by atoms with Crippen LogP contribution in [-0.2, 0) is 0 Å². The second-order valence-electron chi connectivity index (χ2n) is 8.76. The van der Waals surface area contributed by atoms with Crippen molar-refractivity contribution in [1.29, 1.82) is 0 Å². The summed E-state index contributed by atoms with van der Waals surface area (Å²) in [6.07, 6.45) is 2.08. The number of amides is 1. The molecule has 1 fully saturated rings. The number of rotatable bonds is 4. The van der Waals surface area contributed by atoms with Crippen LogP contribution < -0.4 is 0 Å². The maximum Gasteiger partial charge on any atom is 0.254 e. The van der Waals surface area contributed by atoms with Crippen molar-refractivity contribution in [2.75, 3.05) is 20.1 Å². The van der Waals surface area contributed by atoms with Crippen molar-refractivity contribution >= 4 is 16.9 Å². The SMILES string of the molecule is Cc1cc(-n2c(C)nc3ccccc32)ccc1C(=O)N(C)C1CCN(C(C)C)CC1. The molecular weight excluding hydrogens is 372 g/mol. The van der Waals surface area contributed by atoms with Crippen molar-refractivity contribution in [3.63, 3.8) is 0 Å². The van der Waals surface area contributed by atoms with Crippen LogP contribution in [0.1, 0.15) is 48.4 Å². The molecule has 5 heteroatoms. The fourth-order valence-corrected chi connectivity index (χ4v) is 4.64. The molecular formula is C25H32N4O. The molecule has 0 spiro atoms. The average Bonchev–Trinajstić information content (AvgIpc) is 3.08. The maximum absolute atomic E-state index is 13.3. The summed E-state index contributed by atoms with van der Waals surface area (Å²) in [4.78, 5) is 22.4. The van der Waals surface area contributed by atoms with Gasteiger partial charge in [-0.2, -0.15) is 0 Å². The largest absolute Gasteiger partial charge is 0.339 e. The number of fused-ring (bicyclic) bond motifs is 1. The van der Waals surface area contributed by atoms with Crippen molar-refractivity contribution in [2.45, 2.75) is 52.6 Å². The lowest BCUT2D eigenvalue weighted by atomic mass is 10.00. The standard InChI is InChI=1S/C25H32N4O/c1-17(2)28-14-12-20(13-15-28)27(5)25(30)22-11-10-21(16-18(22)3)29-19(4)26-23-8-6-7-9-24(23)29/h6-11,16-17,20H,12-15H2,1-5H3. The third kappa shape index (κ3) is 3.74. The highest BCUT2D eigenvalue weighted by molar-refractivity contribution is 5.96. The second kappa shape index (κ2) is 8.23. The average molecular weight is 405 g/mol. The van der Waals surface area contributed by atoms with Gasteiger partial charge in [0.25, 0.3) is 5.91 Å². The second-order valence-corrected chi connectivity index (χ2v) is 8.76. The first-order valence-electron chi connectivity index (χ1n) is 10.9. The van der Waals surface area contributed by atoms with Crippen molar-refractivity contribution in [3.8, 4) is 5.69 Å². The van der Waals surface area contributed by atoms with Crippen molar-refractivity contribution < 1.29 is 4.79 Å². The Balaban J connectivity index is 1.56. The molecule has 4 rings (SSSR count). The molecule has 0 bridgehead atoms. The van der Waals surface area contributed by atoms with Crippen LogP contribution in [0.3, 0.4) is 0 Å². The quantitative estimate of drug-likeness (QED) is 0.639.